The van der Waals surface area contributed by atoms with Gasteiger partial charge in [-0.05, 0) is 30.6 Å². The molecule has 14 heavy (non-hydrogen) atoms. The van der Waals surface area contributed by atoms with Crippen LogP contribution in [0.3, 0.4) is 0 Å². The molecular weight excluding hydrogens is 176 g/mol. The molecule has 3 aliphatic rings. The van der Waals surface area contributed by atoms with Gasteiger partial charge in [-0.25, -0.2) is 0 Å². The van der Waals surface area contributed by atoms with E-state index in [9.17, 15) is 4.79 Å². The van der Waals surface area contributed by atoms with Gasteiger partial charge in [0.1, 0.15) is 0 Å². The highest BCUT2D eigenvalue weighted by molar-refractivity contribution is 5.53. The average Bonchev–Trinajstić information content (AvgIpc) is 2.38. The summed E-state index contributed by atoms with van der Waals surface area (Å²) in [7, 11) is 1.98. The molecule has 0 radical (unpaired) electrons. The minimum Gasteiger partial charge on any atom is -0.291 e. The third-order valence-electron chi connectivity index (χ3n) is 5.17. The van der Waals surface area contributed by atoms with Crippen molar-refractivity contribution in [3.8, 4) is 0 Å². The largest absolute Gasteiger partial charge is 0.291 e. The summed E-state index contributed by atoms with van der Waals surface area (Å²) in [6, 6.07) is 0. The molecule has 3 atom stereocenters. The molecule has 2 bridgehead atoms. The van der Waals surface area contributed by atoms with E-state index in [2.05, 4.69) is 12.0 Å². The van der Waals surface area contributed by atoms with E-state index in [0.29, 0.717) is 16.7 Å². The summed E-state index contributed by atoms with van der Waals surface area (Å²) in [6.07, 6.45) is 3.84. The van der Waals surface area contributed by atoms with Gasteiger partial charge in [-0.2, -0.15) is 0 Å². The Kier molecular flexibility index (Phi) is 0.845. The Morgan fingerprint density at radius 1 is 1.57 bits per heavy atom. The second-order valence-electron chi connectivity index (χ2n) is 5.53. The Hall–Kier alpha value is -0.990. The number of fused-ring (bicyclic) bond motifs is 2. The smallest absolute Gasteiger partial charge is 0.267 e. The van der Waals surface area contributed by atoms with Crippen molar-refractivity contribution in [2.45, 2.75) is 37.5 Å². The first-order chi connectivity index (χ1) is 6.60. The maximum absolute atomic E-state index is 11.8. The fourth-order valence-electron chi connectivity index (χ4n) is 4.52. The number of hydrogen-bond acceptors (Lipinski definition) is 1. The van der Waals surface area contributed by atoms with Crippen LogP contribution in [0.25, 0.3) is 0 Å². The summed E-state index contributed by atoms with van der Waals surface area (Å²) in [5.41, 5.74) is 3.46. The molecule has 1 N–H and O–H groups in total. The van der Waals surface area contributed by atoms with Crippen LogP contribution in [-0.2, 0) is 12.5 Å². The quantitative estimate of drug-likeness (QED) is 0.657. The fraction of sp³-hybridized carbons (Fsp3) is 0.727. The lowest BCUT2D eigenvalue weighted by molar-refractivity contribution is 0.474. The molecule has 0 spiro atoms. The number of H-pyrrole nitrogens is 1. The first-order valence-electron chi connectivity index (χ1n) is 5.39. The summed E-state index contributed by atoms with van der Waals surface area (Å²) in [5.74, 6) is 0.558. The van der Waals surface area contributed by atoms with Crippen LogP contribution in [0.4, 0.5) is 0 Å². The van der Waals surface area contributed by atoms with Crippen molar-refractivity contribution in [2.75, 3.05) is 0 Å². The summed E-state index contributed by atoms with van der Waals surface area (Å²) < 4.78 is 1.97. The molecule has 0 aromatic carbocycles. The van der Waals surface area contributed by atoms with Gasteiger partial charge < -0.3 is 0 Å². The molecule has 2 saturated carbocycles. The van der Waals surface area contributed by atoms with Crippen molar-refractivity contribution in [1.82, 2.24) is 9.78 Å². The predicted molar refractivity (Wildman–Crippen MR) is 52.4 cm³/mol. The average molecular weight is 190 g/mol. The lowest BCUT2D eigenvalue weighted by atomic mass is 9.86. The van der Waals surface area contributed by atoms with Gasteiger partial charge >= 0.3 is 0 Å². The van der Waals surface area contributed by atoms with Crippen molar-refractivity contribution in [1.29, 1.82) is 0 Å². The van der Waals surface area contributed by atoms with Crippen LogP contribution in [0.2, 0.25) is 0 Å². The zero-order chi connectivity index (χ0) is 9.72. The predicted octanol–water partition coefficient (Wildman–Crippen LogP) is 1.25. The molecule has 74 valence electrons. The normalized spacial score (nSPS) is 46.6. The Balaban J connectivity index is 2.15. The summed E-state index contributed by atoms with van der Waals surface area (Å²) in [4.78, 5) is 11.8. The molecule has 2 fully saturated rings. The van der Waals surface area contributed by atoms with Gasteiger partial charge in [0, 0.05) is 18.0 Å². The molecule has 1 unspecified atom stereocenters. The molecular formula is C11H14N2O. The van der Waals surface area contributed by atoms with Gasteiger partial charge in [0.25, 0.3) is 5.56 Å². The third-order valence-corrected chi connectivity index (χ3v) is 5.17. The van der Waals surface area contributed by atoms with Crippen molar-refractivity contribution < 1.29 is 0 Å². The first-order valence-corrected chi connectivity index (χ1v) is 5.39. The third kappa shape index (κ3) is 0.441. The van der Waals surface area contributed by atoms with E-state index in [0.717, 1.165) is 5.56 Å². The van der Waals surface area contributed by atoms with Crippen molar-refractivity contribution >= 4 is 0 Å². The van der Waals surface area contributed by atoms with Gasteiger partial charge in [-0.3, -0.25) is 14.6 Å². The topological polar surface area (TPSA) is 37.8 Å². The van der Waals surface area contributed by atoms with Crippen LogP contribution in [0, 0.1) is 5.41 Å². The Bertz CT molecular complexity index is 508. The summed E-state index contributed by atoms with van der Waals surface area (Å²) in [6.45, 7) is 2.37. The van der Waals surface area contributed by atoms with E-state index in [4.69, 9.17) is 0 Å². The number of rotatable bonds is 0. The van der Waals surface area contributed by atoms with Crippen molar-refractivity contribution in [3.63, 3.8) is 0 Å². The van der Waals surface area contributed by atoms with Crippen LogP contribution in [0.1, 0.15) is 43.4 Å². The number of nitrogens with one attached hydrogen (secondary N) is 1. The van der Waals surface area contributed by atoms with Crippen molar-refractivity contribution in [3.05, 3.63) is 21.6 Å². The van der Waals surface area contributed by atoms with Gasteiger partial charge in [0.2, 0.25) is 0 Å². The molecule has 1 heterocycles. The molecule has 0 amide bonds. The van der Waals surface area contributed by atoms with Crippen LogP contribution < -0.4 is 5.56 Å². The van der Waals surface area contributed by atoms with E-state index in [1.165, 1.54) is 25.0 Å². The number of aromatic amines is 1. The van der Waals surface area contributed by atoms with Crippen LogP contribution >= 0.6 is 0 Å². The fourth-order valence-corrected chi connectivity index (χ4v) is 4.52. The standard InChI is InChI=1S/C11H14N2O/c1-10-5-11(10)4-3-6(10)7-8(11)13(2)12-9(7)14/h6H,3-5H2,1-2H3,(H,12,14)/t6-,10?,11-/m1/s1. The minimum absolute atomic E-state index is 0.167. The SMILES string of the molecule is Cn1[nH]c(=O)c2c1[C@]13CC[C@H]2C1(C)C3. The van der Waals surface area contributed by atoms with Crippen LogP contribution in [0.5, 0.6) is 0 Å². The monoisotopic (exact) mass is 190 g/mol. The van der Waals surface area contributed by atoms with Gasteiger partial charge in [0.15, 0.2) is 0 Å². The van der Waals surface area contributed by atoms with E-state index < -0.39 is 0 Å². The van der Waals surface area contributed by atoms with Crippen LogP contribution in [-0.4, -0.2) is 9.78 Å². The zero-order valence-corrected chi connectivity index (χ0v) is 8.55. The Morgan fingerprint density at radius 2 is 2.36 bits per heavy atom. The van der Waals surface area contributed by atoms with Gasteiger partial charge in [-0.15, -0.1) is 0 Å². The van der Waals surface area contributed by atoms with E-state index in [1.807, 2.05) is 11.7 Å². The second-order valence-corrected chi connectivity index (χ2v) is 5.53. The van der Waals surface area contributed by atoms with Crippen LogP contribution in [0.15, 0.2) is 4.79 Å². The molecule has 3 aliphatic carbocycles. The Labute approximate surface area is 82.1 Å². The highest BCUT2D eigenvalue weighted by Gasteiger charge is 2.78. The summed E-state index contributed by atoms with van der Waals surface area (Å²) >= 11 is 0. The highest BCUT2D eigenvalue weighted by Crippen LogP contribution is 2.82. The van der Waals surface area contributed by atoms with Gasteiger partial charge in [-0.1, -0.05) is 6.92 Å². The number of nitrogens with zero attached hydrogens (tertiary/aromatic N) is 1. The zero-order valence-electron chi connectivity index (χ0n) is 8.55. The lowest BCUT2D eigenvalue weighted by Gasteiger charge is -2.18. The molecule has 3 nitrogen and oxygen atoms in total. The minimum atomic E-state index is 0.167. The molecule has 3 heteroatoms. The molecule has 1 aromatic rings. The van der Waals surface area contributed by atoms with E-state index >= 15 is 0 Å². The molecule has 4 rings (SSSR count). The number of aryl methyl sites for hydroxylation is 1. The van der Waals surface area contributed by atoms with Gasteiger partial charge in [0.05, 0.1) is 5.69 Å². The first kappa shape index (κ1) is 7.32. The molecule has 0 saturated heterocycles. The second kappa shape index (κ2) is 1.62. The molecule has 1 aromatic heterocycles. The highest BCUT2D eigenvalue weighted by atomic mass is 16.1. The Morgan fingerprint density at radius 3 is 3.00 bits per heavy atom. The lowest BCUT2D eigenvalue weighted by Crippen LogP contribution is -2.15. The van der Waals surface area contributed by atoms with Crippen molar-refractivity contribution in [2.24, 2.45) is 12.5 Å². The number of aromatic nitrogens is 2. The van der Waals surface area contributed by atoms with E-state index in [1.54, 1.807) is 0 Å². The maximum atomic E-state index is 11.8. The van der Waals surface area contributed by atoms with E-state index in [-0.39, 0.29) is 5.56 Å². The molecule has 0 aliphatic heterocycles. The summed E-state index contributed by atoms with van der Waals surface area (Å²) in [5, 5.41) is 2.91. The number of hydrogen-bond donors (Lipinski definition) is 1. The maximum Gasteiger partial charge on any atom is 0.267 e.